The van der Waals surface area contributed by atoms with Crippen molar-refractivity contribution in [2.24, 2.45) is 4.99 Å². The van der Waals surface area contributed by atoms with E-state index in [9.17, 15) is 13.2 Å². The molecule has 0 aliphatic carbocycles. The van der Waals surface area contributed by atoms with Gasteiger partial charge in [-0.05, 0) is 24.3 Å². The second-order valence-corrected chi connectivity index (χ2v) is 3.59. The summed E-state index contributed by atoms with van der Waals surface area (Å²) in [5.41, 5.74) is 0.284. The summed E-state index contributed by atoms with van der Waals surface area (Å²) < 4.78 is 37.4. The lowest BCUT2D eigenvalue weighted by atomic mass is 10.2. The van der Waals surface area contributed by atoms with Crippen molar-refractivity contribution in [1.29, 1.82) is 0 Å². The van der Waals surface area contributed by atoms with E-state index in [0.717, 1.165) is 17.7 Å². The van der Waals surface area contributed by atoms with Gasteiger partial charge in [0.1, 0.15) is 0 Å². The molecule has 92 valence electrons. The molecule has 0 aliphatic heterocycles. The zero-order valence-corrected chi connectivity index (χ0v) is 9.22. The van der Waals surface area contributed by atoms with Gasteiger partial charge in [0.25, 0.3) is 0 Å². The van der Waals surface area contributed by atoms with E-state index < -0.39 is 11.7 Å². The van der Waals surface area contributed by atoms with Crippen LogP contribution in [0.4, 0.5) is 18.9 Å². The summed E-state index contributed by atoms with van der Waals surface area (Å²) in [6.45, 7) is 0. The first-order valence-corrected chi connectivity index (χ1v) is 5.17. The molecule has 2 rings (SSSR count). The summed E-state index contributed by atoms with van der Waals surface area (Å²) in [7, 11) is 0. The van der Waals surface area contributed by atoms with Gasteiger partial charge in [0.2, 0.25) is 0 Å². The molecule has 0 bridgehead atoms. The van der Waals surface area contributed by atoms with Gasteiger partial charge in [-0.3, -0.25) is 9.98 Å². The maximum Gasteiger partial charge on any atom is 0.416 e. The van der Waals surface area contributed by atoms with Crippen LogP contribution in [-0.2, 0) is 6.18 Å². The van der Waals surface area contributed by atoms with Crippen LogP contribution in [0.3, 0.4) is 0 Å². The quantitative estimate of drug-likeness (QED) is 0.743. The number of aliphatic imine (C=N–C) groups is 1. The Balaban J connectivity index is 2.23. The summed E-state index contributed by atoms with van der Waals surface area (Å²) in [6, 6.07) is 8.37. The molecule has 0 radical (unpaired) electrons. The Bertz CT molecular complexity index is 548. The molecule has 1 heterocycles. The van der Waals surface area contributed by atoms with E-state index in [-0.39, 0.29) is 5.69 Å². The SMILES string of the molecule is FC(F)(F)c1cccc(N=Cc2cccnc2)c1. The summed E-state index contributed by atoms with van der Waals surface area (Å²) >= 11 is 0. The number of alkyl halides is 3. The second kappa shape index (κ2) is 5.00. The fraction of sp³-hybridized carbons (Fsp3) is 0.0769. The third kappa shape index (κ3) is 3.16. The number of halogens is 3. The molecule has 18 heavy (non-hydrogen) atoms. The predicted molar refractivity (Wildman–Crippen MR) is 62.9 cm³/mol. The number of rotatable bonds is 2. The first-order valence-electron chi connectivity index (χ1n) is 5.17. The van der Waals surface area contributed by atoms with Gasteiger partial charge in [0.05, 0.1) is 11.3 Å². The molecule has 0 saturated heterocycles. The predicted octanol–water partition coefficient (Wildman–Crippen LogP) is 3.85. The van der Waals surface area contributed by atoms with E-state index in [2.05, 4.69) is 9.98 Å². The largest absolute Gasteiger partial charge is 0.416 e. The van der Waals surface area contributed by atoms with Gasteiger partial charge in [-0.1, -0.05) is 12.1 Å². The Hall–Kier alpha value is -2.17. The zero-order chi connectivity index (χ0) is 13.0. The van der Waals surface area contributed by atoms with E-state index >= 15 is 0 Å². The topological polar surface area (TPSA) is 25.2 Å². The Kier molecular flexibility index (Phi) is 3.41. The molecule has 0 atom stereocenters. The van der Waals surface area contributed by atoms with Crippen molar-refractivity contribution < 1.29 is 13.2 Å². The maximum atomic E-state index is 12.5. The van der Waals surface area contributed by atoms with E-state index in [1.54, 1.807) is 24.5 Å². The highest BCUT2D eigenvalue weighted by Gasteiger charge is 2.30. The number of nitrogens with zero attached hydrogens (tertiary/aromatic N) is 2. The van der Waals surface area contributed by atoms with Crippen molar-refractivity contribution >= 4 is 11.9 Å². The van der Waals surface area contributed by atoms with Crippen LogP contribution in [-0.4, -0.2) is 11.2 Å². The Labute approximate surface area is 102 Å². The van der Waals surface area contributed by atoms with E-state index in [4.69, 9.17) is 0 Å². The molecule has 0 amide bonds. The van der Waals surface area contributed by atoms with Gasteiger partial charge in [-0.25, -0.2) is 0 Å². The molecule has 2 nitrogen and oxygen atoms in total. The van der Waals surface area contributed by atoms with Gasteiger partial charge in [-0.15, -0.1) is 0 Å². The normalized spacial score (nSPS) is 11.9. The highest BCUT2D eigenvalue weighted by molar-refractivity contribution is 5.81. The summed E-state index contributed by atoms with van der Waals surface area (Å²) in [6.07, 6.45) is 0.320. The summed E-state index contributed by atoms with van der Waals surface area (Å²) in [5.74, 6) is 0. The third-order valence-corrected chi connectivity index (χ3v) is 2.22. The van der Waals surface area contributed by atoms with Crippen molar-refractivity contribution in [2.45, 2.75) is 6.18 Å². The Morgan fingerprint density at radius 2 is 1.94 bits per heavy atom. The van der Waals surface area contributed by atoms with Crippen molar-refractivity contribution in [2.75, 3.05) is 0 Å². The molecular weight excluding hydrogens is 241 g/mol. The lowest BCUT2D eigenvalue weighted by Crippen LogP contribution is -2.03. The van der Waals surface area contributed by atoms with Gasteiger partial charge >= 0.3 is 6.18 Å². The molecule has 0 unspecified atom stereocenters. The fourth-order valence-corrected chi connectivity index (χ4v) is 1.36. The molecule has 0 N–H and O–H groups in total. The number of pyridine rings is 1. The average Bonchev–Trinajstić information content (AvgIpc) is 2.37. The van der Waals surface area contributed by atoms with Crippen LogP contribution in [0.2, 0.25) is 0 Å². The number of hydrogen-bond acceptors (Lipinski definition) is 2. The number of hydrogen-bond donors (Lipinski definition) is 0. The maximum absolute atomic E-state index is 12.5. The highest BCUT2D eigenvalue weighted by Crippen LogP contribution is 2.31. The first kappa shape index (κ1) is 12.3. The first-order chi connectivity index (χ1) is 8.55. The van der Waals surface area contributed by atoms with Crippen LogP contribution in [0.1, 0.15) is 11.1 Å². The number of benzene rings is 1. The van der Waals surface area contributed by atoms with Crippen LogP contribution in [0.15, 0.2) is 53.8 Å². The van der Waals surface area contributed by atoms with Gasteiger partial charge in [0.15, 0.2) is 0 Å². The summed E-state index contributed by atoms with van der Waals surface area (Å²) in [4.78, 5) is 7.87. The highest BCUT2D eigenvalue weighted by atomic mass is 19.4. The van der Waals surface area contributed by atoms with Crippen molar-refractivity contribution in [3.8, 4) is 0 Å². The zero-order valence-electron chi connectivity index (χ0n) is 9.22. The third-order valence-electron chi connectivity index (χ3n) is 2.22. The van der Waals surface area contributed by atoms with Gasteiger partial charge in [0, 0.05) is 24.2 Å². The van der Waals surface area contributed by atoms with E-state index in [0.29, 0.717) is 0 Å². The molecule has 0 saturated carbocycles. The lowest BCUT2D eigenvalue weighted by molar-refractivity contribution is -0.137. The van der Waals surface area contributed by atoms with Crippen LogP contribution >= 0.6 is 0 Å². The van der Waals surface area contributed by atoms with Crippen molar-refractivity contribution in [3.63, 3.8) is 0 Å². The molecule has 0 fully saturated rings. The summed E-state index contributed by atoms with van der Waals surface area (Å²) in [5, 5.41) is 0. The molecule has 0 aliphatic rings. The minimum atomic E-state index is -4.35. The van der Waals surface area contributed by atoms with Gasteiger partial charge < -0.3 is 0 Å². The molecule has 0 spiro atoms. The molecular formula is C13H9F3N2. The second-order valence-electron chi connectivity index (χ2n) is 3.59. The number of aromatic nitrogens is 1. The van der Waals surface area contributed by atoms with E-state index in [1.807, 2.05) is 0 Å². The van der Waals surface area contributed by atoms with E-state index in [1.165, 1.54) is 18.3 Å². The minimum Gasteiger partial charge on any atom is -0.264 e. The average molecular weight is 250 g/mol. The minimum absolute atomic E-state index is 0.258. The van der Waals surface area contributed by atoms with Crippen molar-refractivity contribution in [1.82, 2.24) is 4.98 Å². The smallest absolute Gasteiger partial charge is 0.264 e. The fourth-order valence-electron chi connectivity index (χ4n) is 1.36. The van der Waals surface area contributed by atoms with Crippen LogP contribution in [0.5, 0.6) is 0 Å². The standard InChI is InChI=1S/C13H9F3N2/c14-13(15,16)11-4-1-5-12(7-11)18-9-10-3-2-6-17-8-10/h1-9H. The molecule has 2 aromatic rings. The van der Waals surface area contributed by atoms with Gasteiger partial charge in [-0.2, -0.15) is 13.2 Å². The van der Waals surface area contributed by atoms with Crippen LogP contribution < -0.4 is 0 Å². The Morgan fingerprint density at radius 1 is 1.11 bits per heavy atom. The molecule has 1 aromatic carbocycles. The Morgan fingerprint density at radius 3 is 2.61 bits per heavy atom. The molecule has 1 aromatic heterocycles. The lowest BCUT2D eigenvalue weighted by Gasteiger charge is -2.06. The monoisotopic (exact) mass is 250 g/mol. The van der Waals surface area contributed by atoms with Crippen LogP contribution in [0, 0.1) is 0 Å². The molecule has 5 heteroatoms. The van der Waals surface area contributed by atoms with Crippen molar-refractivity contribution in [3.05, 3.63) is 59.9 Å². The van der Waals surface area contributed by atoms with Crippen LogP contribution in [0.25, 0.3) is 0 Å².